The van der Waals surface area contributed by atoms with Gasteiger partial charge < -0.3 is 15.4 Å². The molecule has 0 spiro atoms. The van der Waals surface area contributed by atoms with Crippen LogP contribution >= 0.6 is 22.7 Å². The van der Waals surface area contributed by atoms with E-state index < -0.39 is 18.5 Å². The van der Waals surface area contributed by atoms with Crippen molar-refractivity contribution in [3.05, 3.63) is 57.7 Å². The number of ether oxygens (including phenoxy) is 1. The Bertz CT molecular complexity index is 1040. The third-order valence-corrected chi connectivity index (χ3v) is 5.75. The van der Waals surface area contributed by atoms with Gasteiger partial charge in [0.1, 0.15) is 5.01 Å². The molecule has 2 amide bonds. The molecule has 1 aromatic carbocycles. The van der Waals surface area contributed by atoms with Crippen molar-refractivity contribution in [2.75, 3.05) is 18.5 Å². The van der Waals surface area contributed by atoms with Gasteiger partial charge in [-0.1, -0.05) is 26.0 Å². The number of hydrogen-bond acceptors (Lipinski definition) is 7. The normalized spacial score (nSPS) is 10.7. The van der Waals surface area contributed by atoms with Gasteiger partial charge in [0.2, 0.25) is 0 Å². The third-order valence-electron chi connectivity index (χ3n) is 4.13. The van der Waals surface area contributed by atoms with Gasteiger partial charge in [-0.15, -0.1) is 11.3 Å². The minimum absolute atomic E-state index is 0.0118. The highest BCUT2D eigenvalue weighted by molar-refractivity contribution is 7.14. The SMILES string of the molecule is CC(C)CNC(=O)c1ccccc1NC(=O)COC(=O)Cc1csc(-c2ccsc2)n1. The van der Waals surface area contributed by atoms with Gasteiger partial charge >= 0.3 is 5.97 Å². The van der Waals surface area contributed by atoms with Crippen LogP contribution in [0, 0.1) is 5.92 Å². The summed E-state index contributed by atoms with van der Waals surface area (Å²) in [6.45, 7) is 4.08. The van der Waals surface area contributed by atoms with Crippen LogP contribution in [0.5, 0.6) is 0 Å². The zero-order valence-corrected chi connectivity index (χ0v) is 18.8. The Kier molecular flexibility index (Phi) is 7.91. The minimum Gasteiger partial charge on any atom is -0.455 e. The van der Waals surface area contributed by atoms with E-state index in [1.54, 1.807) is 41.0 Å². The quantitative estimate of drug-likeness (QED) is 0.474. The number of amides is 2. The second-order valence-corrected chi connectivity index (χ2v) is 8.83. The monoisotopic (exact) mass is 457 g/mol. The van der Waals surface area contributed by atoms with E-state index in [9.17, 15) is 14.4 Å². The maximum atomic E-state index is 12.4. The zero-order chi connectivity index (χ0) is 22.2. The van der Waals surface area contributed by atoms with E-state index in [2.05, 4.69) is 15.6 Å². The lowest BCUT2D eigenvalue weighted by molar-refractivity contribution is -0.146. The Morgan fingerprint density at radius 3 is 2.68 bits per heavy atom. The summed E-state index contributed by atoms with van der Waals surface area (Å²) in [5.74, 6) is -1.02. The van der Waals surface area contributed by atoms with Crippen LogP contribution in [0.4, 0.5) is 5.69 Å². The molecular weight excluding hydrogens is 434 g/mol. The predicted octanol–water partition coefficient (Wildman–Crippen LogP) is 3.98. The first-order valence-corrected chi connectivity index (χ1v) is 11.5. The average Bonchev–Trinajstić information content (AvgIpc) is 3.43. The van der Waals surface area contributed by atoms with Crippen LogP contribution in [0.2, 0.25) is 0 Å². The lowest BCUT2D eigenvalue weighted by atomic mass is 10.1. The topological polar surface area (TPSA) is 97.4 Å². The fraction of sp³-hybridized carbons (Fsp3) is 0.273. The maximum Gasteiger partial charge on any atom is 0.312 e. The van der Waals surface area contributed by atoms with E-state index in [0.717, 1.165) is 10.6 Å². The Morgan fingerprint density at radius 1 is 1.13 bits per heavy atom. The molecule has 0 atom stereocenters. The molecule has 0 saturated heterocycles. The van der Waals surface area contributed by atoms with Crippen LogP contribution in [0.3, 0.4) is 0 Å². The average molecular weight is 458 g/mol. The minimum atomic E-state index is -0.541. The first kappa shape index (κ1) is 22.6. The molecule has 7 nitrogen and oxygen atoms in total. The molecular formula is C22H23N3O4S2. The molecule has 0 radical (unpaired) electrons. The van der Waals surface area contributed by atoms with Crippen molar-refractivity contribution >= 4 is 46.1 Å². The number of carbonyl (C=O) groups is 3. The van der Waals surface area contributed by atoms with E-state index in [-0.39, 0.29) is 12.3 Å². The Balaban J connectivity index is 1.50. The summed E-state index contributed by atoms with van der Waals surface area (Å²) in [6, 6.07) is 8.67. The van der Waals surface area contributed by atoms with Crippen LogP contribution in [0.15, 0.2) is 46.5 Å². The molecule has 0 unspecified atom stereocenters. The molecule has 0 aliphatic rings. The van der Waals surface area contributed by atoms with Gasteiger partial charge in [-0.25, -0.2) is 4.98 Å². The number of nitrogens with zero attached hydrogens (tertiary/aromatic N) is 1. The van der Waals surface area contributed by atoms with Crippen LogP contribution in [-0.4, -0.2) is 35.9 Å². The van der Waals surface area contributed by atoms with Crippen molar-refractivity contribution in [1.29, 1.82) is 0 Å². The van der Waals surface area contributed by atoms with E-state index in [0.29, 0.717) is 29.4 Å². The van der Waals surface area contributed by atoms with Gasteiger partial charge in [0.15, 0.2) is 6.61 Å². The lowest BCUT2D eigenvalue weighted by Gasteiger charge is -2.12. The number of benzene rings is 1. The molecule has 2 N–H and O–H groups in total. The fourth-order valence-electron chi connectivity index (χ4n) is 2.62. The molecule has 3 aromatic rings. The van der Waals surface area contributed by atoms with Crippen molar-refractivity contribution in [2.45, 2.75) is 20.3 Å². The number of thiophene rings is 1. The number of hydrogen-bond donors (Lipinski definition) is 2. The second-order valence-electron chi connectivity index (χ2n) is 7.19. The van der Waals surface area contributed by atoms with Crippen LogP contribution in [-0.2, 0) is 20.7 Å². The van der Waals surface area contributed by atoms with Gasteiger partial charge in [-0.2, -0.15) is 11.3 Å². The summed E-state index contributed by atoms with van der Waals surface area (Å²) in [5, 5.41) is 12.1. The van der Waals surface area contributed by atoms with Crippen LogP contribution < -0.4 is 10.6 Å². The first-order chi connectivity index (χ1) is 14.9. The molecule has 162 valence electrons. The second kappa shape index (κ2) is 10.8. The number of para-hydroxylation sites is 1. The van der Waals surface area contributed by atoms with E-state index >= 15 is 0 Å². The van der Waals surface area contributed by atoms with Gasteiger partial charge in [0.05, 0.1) is 23.4 Å². The highest BCUT2D eigenvalue weighted by Gasteiger charge is 2.15. The van der Waals surface area contributed by atoms with Crippen molar-refractivity contribution in [3.8, 4) is 10.6 Å². The van der Waals surface area contributed by atoms with Crippen LogP contribution in [0.1, 0.15) is 29.9 Å². The predicted molar refractivity (Wildman–Crippen MR) is 122 cm³/mol. The number of nitrogens with one attached hydrogen (secondary N) is 2. The summed E-state index contributed by atoms with van der Waals surface area (Å²) in [7, 11) is 0. The Labute approximate surface area is 188 Å². The number of esters is 1. The zero-order valence-electron chi connectivity index (χ0n) is 17.2. The molecule has 2 heterocycles. The van der Waals surface area contributed by atoms with E-state index in [1.165, 1.54) is 11.3 Å². The number of carbonyl (C=O) groups excluding carboxylic acids is 3. The van der Waals surface area contributed by atoms with Crippen molar-refractivity contribution in [3.63, 3.8) is 0 Å². The molecule has 0 bridgehead atoms. The fourth-order valence-corrected chi connectivity index (χ4v) is 4.15. The molecule has 0 fully saturated rings. The Morgan fingerprint density at radius 2 is 1.94 bits per heavy atom. The smallest absolute Gasteiger partial charge is 0.312 e. The number of aromatic nitrogens is 1. The van der Waals surface area contributed by atoms with E-state index in [1.807, 2.05) is 30.7 Å². The molecule has 0 aliphatic heterocycles. The first-order valence-electron chi connectivity index (χ1n) is 9.72. The summed E-state index contributed by atoms with van der Waals surface area (Å²) in [4.78, 5) is 41.1. The lowest BCUT2D eigenvalue weighted by Crippen LogP contribution is -2.29. The third kappa shape index (κ3) is 6.73. The summed E-state index contributed by atoms with van der Waals surface area (Å²) in [5.41, 5.74) is 2.34. The van der Waals surface area contributed by atoms with Crippen LogP contribution in [0.25, 0.3) is 10.6 Å². The molecule has 3 rings (SSSR count). The molecule has 31 heavy (non-hydrogen) atoms. The van der Waals surface area contributed by atoms with Gasteiger partial charge in [-0.05, 0) is 29.5 Å². The van der Waals surface area contributed by atoms with Gasteiger partial charge in [0, 0.05) is 22.9 Å². The van der Waals surface area contributed by atoms with Gasteiger partial charge in [0.25, 0.3) is 11.8 Å². The van der Waals surface area contributed by atoms with Crippen molar-refractivity contribution in [1.82, 2.24) is 10.3 Å². The summed E-state index contributed by atoms with van der Waals surface area (Å²) >= 11 is 3.04. The molecule has 2 aromatic heterocycles. The summed E-state index contributed by atoms with van der Waals surface area (Å²) < 4.78 is 5.07. The highest BCUT2D eigenvalue weighted by Crippen LogP contribution is 2.25. The van der Waals surface area contributed by atoms with Crippen molar-refractivity contribution in [2.24, 2.45) is 5.92 Å². The number of thiazole rings is 1. The standard InChI is InChI=1S/C22H23N3O4S2/c1-14(2)10-23-21(28)17-5-3-4-6-18(17)25-19(26)11-29-20(27)9-16-13-31-22(24-16)15-7-8-30-12-15/h3-8,12-14H,9-11H2,1-2H3,(H,23,28)(H,25,26). The molecule has 9 heteroatoms. The number of anilines is 1. The van der Waals surface area contributed by atoms with E-state index in [4.69, 9.17) is 4.74 Å². The largest absolute Gasteiger partial charge is 0.455 e. The Hall–Kier alpha value is -3.04. The summed E-state index contributed by atoms with van der Waals surface area (Å²) in [6.07, 6.45) is -0.0118. The van der Waals surface area contributed by atoms with Crippen molar-refractivity contribution < 1.29 is 19.1 Å². The molecule has 0 saturated carbocycles. The molecule has 0 aliphatic carbocycles. The highest BCUT2D eigenvalue weighted by atomic mass is 32.1. The van der Waals surface area contributed by atoms with Gasteiger partial charge in [-0.3, -0.25) is 14.4 Å². The number of rotatable bonds is 9. The maximum absolute atomic E-state index is 12.4.